The number of rotatable bonds is 6. The second-order valence-electron chi connectivity index (χ2n) is 8.95. The molecule has 0 amide bonds. The lowest BCUT2D eigenvalue weighted by atomic mass is 10.1. The first-order valence-electron chi connectivity index (χ1n) is 10.6. The maximum absolute atomic E-state index is 14.6. The van der Waals surface area contributed by atoms with Crippen LogP contribution in [-0.2, 0) is 7.05 Å². The lowest BCUT2D eigenvalue weighted by Gasteiger charge is -2.28. The van der Waals surface area contributed by atoms with E-state index in [2.05, 4.69) is 53.7 Å². The molecule has 0 spiro atoms. The molecular weight excluding hydrogens is 413 g/mol. The van der Waals surface area contributed by atoms with Crippen LogP contribution in [0, 0.1) is 17.7 Å². The molecular formula is C24H27ClFN5. The molecule has 4 aromatic rings. The minimum absolute atomic E-state index is 0.344. The number of fused-ring (bicyclic) bond motifs is 2. The average Bonchev–Trinajstić information content (AvgIpc) is 3.07. The highest BCUT2D eigenvalue weighted by Crippen LogP contribution is 2.32. The number of benzene rings is 1. The molecule has 7 heteroatoms. The van der Waals surface area contributed by atoms with Crippen molar-refractivity contribution >= 4 is 39.2 Å². The first kappa shape index (κ1) is 21.5. The van der Waals surface area contributed by atoms with Gasteiger partial charge in [0.2, 0.25) is 0 Å². The summed E-state index contributed by atoms with van der Waals surface area (Å²) in [5, 5.41) is 6.23. The molecule has 0 N–H and O–H groups in total. The molecule has 162 valence electrons. The van der Waals surface area contributed by atoms with Crippen molar-refractivity contribution in [1.29, 1.82) is 0 Å². The van der Waals surface area contributed by atoms with Gasteiger partial charge in [0, 0.05) is 42.7 Å². The predicted octanol–water partition coefficient (Wildman–Crippen LogP) is 6.09. The standard InChI is InChI=1S/C24H27ClFN5/c1-14(2)11-31(12-15(3)4)18-8-19-20(25)9-22(28-24(19)27-10-18)16-6-17-13-30(5)29-23(17)21(26)7-16/h6-10,13-15H,11-12H2,1-5H3. The number of hydrogen-bond donors (Lipinski definition) is 0. The SMILES string of the molecule is CC(C)CN(CC(C)C)c1cnc2nc(-c3cc(F)c4nn(C)cc4c3)cc(Cl)c2c1. The molecule has 0 saturated heterocycles. The third-order valence-corrected chi connectivity index (χ3v) is 5.42. The van der Waals surface area contributed by atoms with Gasteiger partial charge in [-0.25, -0.2) is 14.4 Å². The highest BCUT2D eigenvalue weighted by Gasteiger charge is 2.15. The summed E-state index contributed by atoms with van der Waals surface area (Å²) in [5.74, 6) is 0.679. The zero-order chi connectivity index (χ0) is 22.3. The van der Waals surface area contributed by atoms with Crippen LogP contribution in [0.4, 0.5) is 10.1 Å². The fraction of sp³-hybridized carbons (Fsp3) is 0.375. The van der Waals surface area contributed by atoms with Crippen molar-refractivity contribution in [2.45, 2.75) is 27.7 Å². The first-order valence-corrected chi connectivity index (χ1v) is 10.9. The van der Waals surface area contributed by atoms with Crippen molar-refractivity contribution in [3.05, 3.63) is 47.5 Å². The normalized spacial score (nSPS) is 11.9. The van der Waals surface area contributed by atoms with E-state index < -0.39 is 0 Å². The van der Waals surface area contributed by atoms with E-state index in [1.54, 1.807) is 24.0 Å². The summed E-state index contributed by atoms with van der Waals surface area (Å²) in [4.78, 5) is 11.6. The summed E-state index contributed by atoms with van der Waals surface area (Å²) in [6.07, 6.45) is 3.64. The van der Waals surface area contributed by atoms with Crippen LogP contribution in [0.15, 0.2) is 36.7 Å². The Hall–Kier alpha value is -2.73. The van der Waals surface area contributed by atoms with Crippen molar-refractivity contribution in [2.75, 3.05) is 18.0 Å². The summed E-state index contributed by atoms with van der Waals surface area (Å²) >= 11 is 6.65. The van der Waals surface area contributed by atoms with E-state index in [0.29, 0.717) is 39.3 Å². The minimum atomic E-state index is -0.382. The molecule has 31 heavy (non-hydrogen) atoms. The minimum Gasteiger partial charge on any atom is -0.370 e. The van der Waals surface area contributed by atoms with Gasteiger partial charge in [0.15, 0.2) is 11.5 Å². The molecule has 0 saturated carbocycles. The predicted molar refractivity (Wildman–Crippen MR) is 126 cm³/mol. The molecule has 4 rings (SSSR count). The molecule has 5 nitrogen and oxygen atoms in total. The Bertz CT molecular complexity index is 1240. The van der Waals surface area contributed by atoms with Crippen LogP contribution in [0.5, 0.6) is 0 Å². The van der Waals surface area contributed by atoms with Gasteiger partial charge in [-0.3, -0.25) is 4.68 Å². The van der Waals surface area contributed by atoms with Gasteiger partial charge in [0.25, 0.3) is 0 Å². The second kappa shape index (κ2) is 8.42. The van der Waals surface area contributed by atoms with Gasteiger partial charge in [-0.2, -0.15) is 5.10 Å². The van der Waals surface area contributed by atoms with E-state index in [1.165, 1.54) is 6.07 Å². The van der Waals surface area contributed by atoms with Crippen molar-refractivity contribution in [2.24, 2.45) is 18.9 Å². The lowest BCUT2D eigenvalue weighted by molar-refractivity contribution is 0.552. The summed E-state index contributed by atoms with van der Waals surface area (Å²) in [5.41, 5.74) is 3.16. The van der Waals surface area contributed by atoms with Crippen molar-refractivity contribution in [1.82, 2.24) is 19.7 Å². The Morgan fingerprint density at radius 1 is 1.06 bits per heavy atom. The number of hydrogen-bond acceptors (Lipinski definition) is 4. The van der Waals surface area contributed by atoms with Crippen LogP contribution in [0.25, 0.3) is 33.2 Å². The molecule has 0 atom stereocenters. The molecule has 1 aromatic carbocycles. The van der Waals surface area contributed by atoms with Gasteiger partial charge in [-0.1, -0.05) is 39.3 Å². The number of pyridine rings is 2. The molecule has 0 aliphatic carbocycles. The van der Waals surface area contributed by atoms with Gasteiger partial charge in [0.1, 0.15) is 5.52 Å². The van der Waals surface area contributed by atoms with Gasteiger partial charge in [0.05, 0.1) is 22.6 Å². The highest BCUT2D eigenvalue weighted by molar-refractivity contribution is 6.35. The summed E-state index contributed by atoms with van der Waals surface area (Å²) in [6, 6.07) is 7.15. The van der Waals surface area contributed by atoms with Gasteiger partial charge in [-0.15, -0.1) is 0 Å². The average molecular weight is 440 g/mol. The zero-order valence-corrected chi connectivity index (χ0v) is 19.3. The van der Waals surface area contributed by atoms with Crippen molar-refractivity contribution in [3.8, 4) is 11.3 Å². The largest absolute Gasteiger partial charge is 0.370 e. The zero-order valence-electron chi connectivity index (χ0n) is 18.5. The fourth-order valence-electron chi connectivity index (χ4n) is 3.90. The quantitative estimate of drug-likeness (QED) is 0.364. The topological polar surface area (TPSA) is 46.8 Å². The van der Waals surface area contributed by atoms with Crippen LogP contribution in [-0.4, -0.2) is 32.8 Å². The van der Waals surface area contributed by atoms with Crippen LogP contribution < -0.4 is 4.90 Å². The van der Waals surface area contributed by atoms with Gasteiger partial charge < -0.3 is 4.90 Å². The van der Waals surface area contributed by atoms with E-state index in [4.69, 9.17) is 11.6 Å². The monoisotopic (exact) mass is 439 g/mol. The first-order chi connectivity index (χ1) is 14.7. The Morgan fingerprint density at radius 3 is 2.45 bits per heavy atom. The second-order valence-corrected chi connectivity index (χ2v) is 9.35. The summed E-state index contributed by atoms with van der Waals surface area (Å²) < 4.78 is 16.2. The van der Waals surface area contributed by atoms with E-state index in [9.17, 15) is 4.39 Å². The number of nitrogens with zero attached hydrogens (tertiary/aromatic N) is 5. The van der Waals surface area contributed by atoms with Crippen molar-refractivity contribution in [3.63, 3.8) is 0 Å². The van der Waals surface area contributed by atoms with Crippen LogP contribution >= 0.6 is 11.6 Å². The molecule has 0 fully saturated rings. The van der Waals surface area contributed by atoms with Crippen LogP contribution in [0.2, 0.25) is 5.02 Å². The van der Waals surface area contributed by atoms with E-state index in [1.807, 2.05) is 12.3 Å². The summed E-state index contributed by atoms with van der Waals surface area (Å²) in [6.45, 7) is 10.7. The van der Waals surface area contributed by atoms with Crippen LogP contribution in [0.3, 0.4) is 0 Å². The molecule has 3 aromatic heterocycles. The number of aromatic nitrogens is 4. The molecule has 0 unspecified atom stereocenters. The molecule has 0 aliphatic rings. The number of halogens is 2. The molecule has 0 aliphatic heterocycles. The van der Waals surface area contributed by atoms with E-state index in [0.717, 1.165) is 29.5 Å². The number of aryl methyl sites for hydroxylation is 1. The maximum atomic E-state index is 14.6. The van der Waals surface area contributed by atoms with Gasteiger partial charge in [-0.05, 0) is 36.1 Å². The van der Waals surface area contributed by atoms with E-state index >= 15 is 0 Å². The molecule has 0 radical (unpaired) electrons. The molecule has 0 bridgehead atoms. The maximum Gasteiger partial charge on any atom is 0.161 e. The van der Waals surface area contributed by atoms with Crippen molar-refractivity contribution < 1.29 is 4.39 Å². The van der Waals surface area contributed by atoms with E-state index in [-0.39, 0.29) is 5.82 Å². The Labute approximate surface area is 186 Å². The Balaban J connectivity index is 1.77. The lowest BCUT2D eigenvalue weighted by Crippen LogP contribution is -2.31. The third kappa shape index (κ3) is 4.49. The summed E-state index contributed by atoms with van der Waals surface area (Å²) in [7, 11) is 1.77. The smallest absolute Gasteiger partial charge is 0.161 e. The Kier molecular flexibility index (Phi) is 5.84. The number of anilines is 1. The van der Waals surface area contributed by atoms with Gasteiger partial charge >= 0.3 is 0 Å². The van der Waals surface area contributed by atoms with Crippen LogP contribution in [0.1, 0.15) is 27.7 Å². The Morgan fingerprint density at radius 2 is 1.77 bits per heavy atom. The third-order valence-electron chi connectivity index (χ3n) is 5.11. The fourth-order valence-corrected chi connectivity index (χ4v) is 4.15. The highest BCUT2D eigenvalue weighted by atomic mass is 35.5. The molecule has 3 heterocycles.